The van der Waals surface area contributed by atoms with E-state index < -0.39 is 0 Å². The SMILES string of the molecule is CCCC(CCC)c1cc(Cl)ccc1OCC. The van der Waals surface area contributed by atoms with E-state index in [1.807, 2.05) is 19.1 Å². The maximum absolute atomic E-state index is 6.11. The highest BCUT2D eigenvalue weighted by Gasteiger charge is 2.15. The zero-order valence-corrected chi connectivity index (χ0v) is 11.9. The number of ether oxygens (including phenoxy) is 1. The summed E-state index contributed by atoms with van der Waals surface area (Å²) in [7, 11) is 0. The van der Waals surface area contributed by atoms with Crippen LogP contribution in [-0.2, 0) is 0 Å². The van der Waals surface area contributed by atoms with Crippen LogP contribution in [-0.4, -0.2) is 6.61 Å². The monoisotopic (exact) mass is 254 g/mol. The van der Waals surface area contributed by atoms with Gasteiger partial charge in [-0.3, -0.25) is 0 Å². The van der Waals surface area contributed by atoms with Gasteiger partial charge in [-0.1, -0.05) is 38.3 Å². The Kier molecular flexibility index (Phi) is 6.43. The van der Waals surface area contributed by atoms with Gasteiger partial charge in [0.05, 0.1) is 6.61 Å². The first-order valence-electron chi connectivity index (χ1n) is 6.65. The van der Waals surface area contributed by atoms with E-state index in [0.717, 1.165) is 10.8 Å². The molecule has 0 aliphatic rings. The summed E-state index contributed by atoms with van der Waals surface area (Å²) in [6.45, 7) is 7.19. The van der Waals surface area contributed by atoms with Crippen molar-refractivity contribution in [2.75, 3.05) is 6.61 Å². The average molecular weight is 255 g/mol. The molecule has 0 spiro atoms. The fraction of sp³-hybridized carbons (Fsp3) is 0.600. The van der Waals surface area contributed by atoms with Gasteiger partial charge >= 0.3 is 0 Å². The fourth-order valence-corrected chi connectivity index (χ4v) is 2.46. The standard InChI is InChI=1S/C15H23ClO/c1-4-7-12(8-5-2)14-11-13(16)9-10-15(14)17-6-3/h9-12H,4-8H2,1-3H3. The quantitative estimate of drug-likeness (QED) is 0.631. The minimum absolute atomic E-state index is 0.574. The summed E-state index contributed by atoms with van der Waals surface area (Å²) in [5.74, 6) is 1.58. The Balaban J connectivity index is 3.00. The molecule has 2 heteroatoms. The van der Waals surface area contributed by atoms with Crippen LogP contribution < -0.4 is 4.74 Å². The third-order valence-electron chi connectivity index (χ3n) is 2.99. The predicted octanol–water partition coefficient (Wildman–Crippen LogP) is 5.42. The predicted molar refractivity (Wildman–Crippen MR) is 75.2 cm³/mol. The summed E-state index contributed by atoms with van der Waals surface area (Å²) < 4.78 is 5.71. The van der Waals surface area contributed by atoms with E-state index >= 15 is 0 Å². The highest BCUT2D eigenvalue weighted by Crippen LogP contribution is 2.35. The van der Waals surface area contributed by atoms with E-state index in [2.05, 4.69) is 19.9 Å². The topological polar surface area (TPSA) is 9.23 Å². The van der Waals surface area contributed by atoms with Gasteiger partial charge in [0, 0.05) is 5.02 Å². The molecule has 0 saturated carbocycles. The number of hydrogen-bond acceptors (Lipinski definition) is 1. The van der Waals surface area contributed by atoms with Crippen molar-refractivity contribution >= 4 is 11.6 Å². The Bertz CT molecular complexity index is 330. The molecule has 96 valence electrons. The Morgan fingerprint density at radius 2 is 1.76 bits per heavy atom. The lowest BCUT2D eigenvalue weighted by Gasteiger charge is -2.19. The minimum Gasteiger partial charge on any atom is -0.494 e. The molecule has 0 unspecified atom stereocenters. The molecule has 0 heterocycles. The molecule has 0 amide bonds. The molecule has 0 aliphatic carbocycles. The van der Waals surface area contributed by atoms with Crippen LogP contribution in [0, 0.1) is 0 Å². The number of benzene rings is 1. The first-order valence-corrected chi connectivity index (χ1v) is 7.02. The third kappa shape index (κ3) is 4.23. The van der Waals surface area contributed by atoms with Crippen LogP contribution in [0.15, 0.2) is 18.2 Å². The second-order valence-corrected chi connectivity index (χ2v) is 4.83. The molecule has 0 N–H and O–H groups in total. The zero-order valence-electron chi connectivity index (χ0n) is 11.1. The van der Waals surface area contributed by atoms with Crippen molar-refractivity contribution in [1.29, 1.82) is 0 Å². The van der Waals surface area contributed by atoms with E-state index in [9.17, 15) is 0 Å². The van der Waals surface area contributed by atoms with Crippen LogP contribution in [0.5, 0.6) is 5.75 Å². The molecule has 0 bridgehead atoms. The summed E-state index contributed by atoms with van der Waals surface area (Å²) in [6, 6.07) is 5.98. The number of halogens is 1. The molecule has 1 rings (SSSR count). The average Bonchev–Trinajstić information content (AvgIpc) is 2.31. The lowest BCUT2D eigenvalue weighted by Crippen LogP contribution is -2.03. The van der Waals surface area contributed by atoms with Crippen LogP contribution in [0.4, 0.5) is 0 Å². The zero-order chi connectivity index (χ0) is 12.7. The van der Waals surface area contributed by atoms with Crippen molar-refractivity contribution < 1.29 is 4.74 Å². The van der Waals surface area contributed by atoms with Gasteiger partial charge in [-0.25, -0.2) is 0 Å². The molecule has 0 fully saturated rings. The minimum atomic E-state index is 0.574. The molecule has 0 atom stereocenters. The van der Waals surface area contributed by atoms with Crippen LogP contribution in [0.1, 0.15) is 57.9 Å². The first kappa shape index (κ1) is 14.4. The van der Waals surface area contributed by atoms with Crippen molar-refractivity contribution in [3.05, 3.63) is 28.8 Å². The normalized spacial score (nSPS) is 10.9. The van der Waals surface area contributed by atoms with Crippen molar-refractivity contribution in [1.82, 2.24) is 0 Å². The molecule has 0 radical (unpaired) electrons. The van der Waals surface area contributed by atoms with Crippen LogP contribution in [0.3, 0.4) is 0 Å². The third-order valence-corrected chi connectivity index (χ3v) is 3.22. The van der Waals surface area contributed by atoms with Crippen molar-refractivity contribution in [3.8, 4) is 5.75 Å². The largest absolute Gasteiger partial charge is 0.494 e. The fourth-order valence-electron chi connectivity index (χ4n) is 2.28. The van der Waals surface area contributed by atoms with E-state index in [0.29, 0.717) is 12.5 Å². The molecular weight excluding hydrogens is 232 g/mol. The van der Waals surface area contributed by atoms with Gasteiger partial charge in [-0.05, 0) is 49.4 Å². The van der Waals surface area contributed by atoms with Crippen molar-refractivity contribution in [3.63, 3.8) is 0 Å². The second kappa shape index (κ2) is 7.60. The molecule has 0 aliphatic heterocycles. The molecule has 1 aromatic carbocycles. The Hall–Kier alpha value is -0.690. The molecule has 0 saturated heterocycles. The Morgan fingerprint density at radius 3 is 2.29 bits per heavy atom. The summed E-state index contributed by atoms with van der Waals surface area (Å²) >= 11 is 6.11. The second-order valence-electron chi connectivity index (χ2n) is 4.39. The molecule has 1 aromatic rings. The van der Waals surface area contributed by atoms with Gasteiger partial charge in [-0.2, -0.15) is 0 Å². The van der Waals surface area contributed by atoms with Gasteiger partial charge in [0.15, 0.2) is 0 Å². The van der Waals surface area contributed by atoms with E-state index in [1.54, 1.807) is 0 Å². The number of hydrogen-bond donors (Lipinski definition) is 0. The molecule has 17 heavy (non-hydrogen) atoms. The van der Waals surface area contributed by atoms with Gasteiger partial charge < -0.3 is 4.74 Å². The highest BCUT2D eigenvalue weighted by atomic mass is 35.5. The van der Waals surface area contributed by atoms with Gasteiger partial charge in [0.1, 0.15) is 5.75 Å². The number of rotatable bonds is 7. The first-order chi connectivity index (χ1) is 8.22. The van der Waals surface area contributed by atoms with E-state index in [4.69, 9.17) is 16.3 Å². The van der Waals surface area contributed by atoms with Crippen molar-refractivity contribution in [2.45, 2.75) is 52.4 Å². The molecular formula is C15H23ClO. The van der Waals surface area contributed by atoms with Crippen molar-refractivity contribution in [2.24, 2.45) is 0 Å². The highest BCUT2D eigenvalue weighted by molar-refractivity contribution is 6.30. The molecule has 1 nitrogen and oxygen atoms in total. The maximum Gasteiger partial charge on any atom is 0.122 e. The maximum atomic E-state index is 6.11. The van der Waals surface area contributed by atoms with E-state index in [-0.39, 0.29) is 0 Å². The van der Waals surface area contributed by atoms with Gasteiger partial charge in [0.2, 0.25) is 0 Å². The summed E-state index contributed by atoms with van der Waals surface area (Å²) in [5, 5.41) is 0.806. The van der Waals surface area contributed by atoms with Gasteiger partial charge in [0.25, 0.3) is 0 Å². The lowest BCUT2D eigenvalue weighted by atomic mass is 9.90. The Labute approximate surface area is 110 Å². The van der Waals surface area contributed by atoms with Gasteiger partial charge in [-0.15, -0.1) is 0 Å². The van der Waals surface area contributed by atoms with Crippen LogP contribution >= 0.6 is 11.6 Å². The van der Waals surface area contributed by atoms with E-state index in [1.165, 1.54) is 31.2 Å². The summed E-state index contributed by atoms with van der Waals surface area (Å²) in [5.41, 5.74) is 1.28. The lowest BCUT2D eigenvalue weighted by molar-refractivity contribution is 0.332. The van der Waals surface area contributed by atoms with Crippen LogP contribution in [0.25, 0.3) is 0 Å². The summed E-state index contributed by atoms with van der Waals surface area (Å²) in [6.07, 6.45) is 4.80. The van der Waals surface area contributed by atoms with Crippen LogP contribution in [0.2, 0.25) is 5.02 Å². The smallest absolute Gasteiger partial charge is 0.122 e. The Morgan fingerprint density at radius 1 is 1.12 bits per heavy atom. The summed E-state index contributed by atoms with van der Waals surface area (Å²) in [4.78, 5) is 0. The molecule has 0 aromatic heterocycles.